The summed E-state index contributed by atoms with van der Waals surface area (Å²) < 4.78 is 0. The van der Waals surface area contributed by atoms with Crippen LogP contribution in [0.5, 0.6) is 0 Å². The van der Waals surface area contributed by atoms with Gasteiger partial charge in [0.2, 0.25) is 0 Å². The minimum absolute atomic E-state index is 0.107. The molecule has 2 N–H and O–H groups in total. The number of nitrogens with zero attached hydrogens (tertiary/aromatic N) is 1. The Kier molecular flexibility index (Phi) is 5.18. The van der Waals surface area contributed by atoms with Crippen LogP contribution in [0.4, 0.5) is 5.69 Å². The van der Waals surface area contributed by atoms with E-state index < -0.39 is 0 Å². The summed E-state index contributed by atoms with van der Waals surface area (Å²) in [4.78, 5) is 29.3. The standard InChI is InChI=1S/C19H23N3O2S/c1-19(2)8-3-14(4-9-19)21-18(24)16-15(7-12-25-16)22-17(23)13-5-10-20-11-6-13/h5-7,10-12,14H,3-4,8-9H2,1-2H3,(H,21,24)(H,22,23). The number of hydrogen-bond acceptors (Lipinski definition) is 4. The molecule has 2 amide bonds. The Hall–Kier alpha value is -2.21. The van der Waals surface area contributed by atoms with E-state index in [-0.39, 0.29) is 17.9 Å². The molecular formula is C19H23N3O2S. The molecule has 1 fully saturated rings. The molecule has 0 bridgehead atoms. The van der Waals surface area contributed by atoms with Crippen molar-refractivity contribution < 1.29 is 9.59 Å². The predicted molar refractivity (Wildman–Crippen MR) is 100 cm³/mol. The molecule has 0 atom stereocenters. The molecule has 5 nitrogen and oxygen atoms in total. The summed E-state index contributed by atoms with van der Waals surface area (Å²) in [6.45, 7) is 4.55. The fourth-order valence-corrected chi connectivity index (χ4v) is 3.83. The molecule has 6 heteroatoms. The van der Waals surface area contributed by atoms with Crippen LogP contribution in [0.2, 0.25) is 0 Å². The molecular weight excluding hydrogens is 334 g/mol. The average molecular weight is 357 g/mol. The number of aromatic nitrogens is 1. The molecule has 2 aromatic rings. The highest BCUT2D eigenvalue weighted by atomic mass is 32.1. The second-order valence-electron chi connectivity index (χ2n) is 7.27. The van der Waals surface area contributed by atoms with Crippen molar-refractivity contribution in [2.24, 2.45) is 5.41 Å². The Morgan fingerprint density at radius 1 is 1.12 bits per heavy atom. The third-order valence-corrected chi connectivity index (χ3v) is 5.65. The van der Waals surface area contributed by atoms with Crippen LogP contribution in [0.25, 0.3) is 0 Å². The largest absolute Gasteiger partial charge is 0.349 e. The predicted octanol–water partition coefficient (Wildman–Crippen LogP) is 4.09. The van der Waals surface area contributed by atoms with Crippen LogP contribution >= 0.6 is 11.3 Å². The van der Waals surface area contributed by atoms with Crippen molar-refractivity contribution in [3.8, 4) is 0 Å². The second-order valence-corrected chi connectivity index (χ2v) is 8.18. The molecule has 0 spiro atoms. The molecule has 0 saturated heterocycles. The van der Waals surface area contributed by atoms with Crippen molar-refractivity contribution in [2.45, 2.75) is 45.6 Å². The number of hydrogen-bond donors (Lipinski definition) is 2. The van der Waals surface area contributed by atoms with Crippen molar-refractivity contribution in [1.29, 1.82) is 0 Å². The second kappa shape index (κ2) is 7.35. The zero-order valence-corrected chi connectivity index (χ0v) is 15.4. The highest BCUT2D eigenvalue weighted by molar-refractivity contribution is 7.12. The van der Waals surface area contributed by atoms with Crippen LogP contribution < -0.4 is 10.6 Å². The zero-order chi connectivity index (χ0) is 17.9. The van der Waals surface area contributed by atoms with Gasteiger partial charge in [-0.05, 0) is 54.7 Å². The van der Waals surface area contributed by atoms with Crippen molar-refractivity contribution in [2.75, 3.05) is 5.32 Å². The van der Waals surface area contributed by atoms with Crippen LogP contribution in [0.1, 0.15) is 59.6 Å². The van der Waals surface area contributed by atoms with E-state index in [1.54, 1.807) is 30.6 Å². The first-order valence-corrected chi connectivity index (χ1v) is 9.42. The summed E-state index contributed by atoms with van der Waals surface area (Å²) in [5.74, 6) is -0.348. The molecule has 0 unspecified atom stereocenters. The van der Waals surface area contributed by atoms with Crippen LogP contribution in [0.15, 0.2) is 36.0 Å². The van der Waals surface area contributed by atoms with Gasteiger partial charge in [-0.2, -0.15) is 0 Å². The third kappa shape index (κ3) is 4.45. The Labute approximate surface area is 151 Å². The molecule has 3 rings (SSSR count). The maximum absolute atomic E-state index is 12.6. The van der Waals surface area contributed by atoms with Crippen LogP contribution in [-0.4, -0.2) is 22.8 Å². The van der Waals surface area contributed by atoms with Gasteiger partial charge in [0.05, 0.1) is 5.69 Å². The van der Waals surface area contributed by atoms with Gasteiger partial charge in [-0.1, -0.05) is 13.8 Å². The maximum atomic E-state index is 12.6. The zero-order valence-electron chi connectivity index (χ0n) is 14.5. The fourth-order valence-electron chi connectivity index (χ4n) is 3.08. The lowest BCUT2D eigenvalue weighted by molar-refractivity contribution is 0.0914. The molecule has 1 aliphatic rings. The Morgan fingerprint density at radius 3 is 2.48 bits per heavy atom. The van der Waals surface area contributed by atoms with Crippen LogP contribution in [-0.2, 0) is 0 Å². The quantitative estimate of drug-likeness (QED) is 0.865. The van der Waals surface area contributed by atoms with E-state index in [9.17, 15) is 9.59 Å². The molecule has 132 valence electrons. The third-order valence-electron chi connectivity index (χ3n) is 4.74. The first-order valence-electron chi connectivity index (χ1n) is 8.54. The topological polar surface area (TPSA) is 71.1 Å². The number of amides is 2. The molecule has 2 heterocycles. The lowest BCUT2D eigenvalue weighted by atomic mass is 9.75. The van der Waals surface area contributed by atoms with E-state index in [1.165, 1.54) is 11.3 Å². The average Bonchev–Trinajstić information content (AvgIpc) is 3.06. The van der Waals surface area contributed by atoms with E-state index in [1.807, 2.05) is 5.38 Å². The summed E-state index contributed by atoms with van der Waals surface area (Å²) in [6.07, 6.45) is 7.38. The highest BCUT2D eigenvalue weighted by Crippen LogP contribution is 2.35. The monoisotopic (exact) mass is 357 g/mol. The number of carbonyl (C=O) groups excluding carboxylic acids is 2. The van der Waals surface area contributed by atoms with Gasteiger partial charge >= 0.3 is 0 Å². The van der Waals surface area contributed by atoms with Gasteiger partial charge < -0.3 is 10.6 Å². The number of carbonyl (C=O) groups is 2. The lowest BCUT2D eigenvalue weighted by Crippen LogP contribution is -2.39. The van der Waals surface area contributed by atoms with Gasteiger partial charge in [0.25, 0.3) is 11.8 Å². The van der Waals surface area contributed by atoms with Gasteiger partial charge in [0, 0.05) is 24.0 Å². The summed E-state index contributed by atoms with van der Waals surface area (Å²) in [7, 11) is 0. The molecule has 0 aliphatic heterocycles. The van der Waals surface area contributed by atoms with Gasteiger partial charge in [-0.3, -0.25) is 14.6 Å². The summed E-state index contributed by atoms with van der Waals surface area (Å²) >= 11 is 1.34. The SMILES string of the molecule is CC1(C)CCC(NC(=O)c2sccc2NC(=O)c2ccncc2)CC1. The Bertz CT molecular complexity index is 745. The van der Waals surface area contributed by atoms with E-state index >= 15 is 0 Å². The van der Waals surface area contributed by atoms with Crippen molar-refractivity contribution in [3.05, 3.63) is 46.4 Å². The smallest absolute Gasteiger partial charge is 0.263 e. The molecule has 1 saturated carbocycles. The first-order chi connectivity index (χ1) is 11.9. The number of thiophene rings is 1. The number of pyridine rings is 1. The molecule has 25 heavy (non-hydrogen) atoms. The van der Waals surface area contributed by atoms with Gasteiger partial charge in [0.15, 0.2) is 0 Å². The maximum Gasteiger partial charge on any atom is 0.263 e. The minimum atomic E-state index is -0.241. The fraction of sp³-hybridized carbons (Fsp3) is 0.421. The first kappa shape index (κ1) is 17.6. The van der Waals surface area contributed by atoms with Crippen LogP contribution in [0.3, 0.4) is 0 Å². The van der Waals surface area contributed by atoms with E-state index in [0.29, 0.717) is 21.5 Å². The van der Waals surface area contributed by atoms with Gasteiger partial charge in [-0.25, -0.2) is 0 Å². The van der Waals surface area contributed by atoms with Gasteiger partial charge in [-0.15, -0.1) is 11.3 Å². The molecule has 0 radical (unpaired) electrons. The summed E-state index contributed by atoms with van der Waals surface area (Å²) in [6, 6.07) is 5.27. The lowest BCUT2D eigenvalue weighted by Gasteiger charge is -2.34. The van der Waals surface area contributed by atoms with Crippen molar-refractivity contribution in [1.82, 2.24) is 10.3 Å². The number of anilines is 1. The molecule has 1 aliphatic carbocycles. The van der Waals surface area contributed by atoms with E-state index in [4.69, 9.17) is 0 Å². The van der Waals surface area contributed by atoms with Gasteiger partial charge in [0.1, 0.15) is 4.88 Å². The normalized spacial score (nSPS) is 17.0. The Balaban J connectivity index is 1.63. The van der Waals surface area contributed by atoms with Crippen molar-refractivity contribution in [3.63, 3.8) is 0 Å². The summed E-state index contributed by atoms with van der Waals surface area (Å²) in [5, 5.41) is 7.76. The van der Waals surface area contributed by atoms with E-state index in [2.05, 4.69) is 29.5 Å². The summed E-state index contributed by atoms with van der Waals surface area (Å²) in [5.41, 5.74) is 1.44. The number of rotatable bonds is 4. The van der Waals surface area contributed by atoms with Crippen molar-refractivity contribution >= 4 is 28.8 Å². The Morgan fingerprint density at radius 2 is 1.80 bits per heavy atom. The molecule has 0 aromatic carbocycles. The molecule has 2 aromatic heterocycles. The number of nitrogens with one attached hydrogen (secondary N) is 2. The van der Waals surface area contributed by atoms with E-state index in [0.717, 1.165) is 25.7 Å². The minimum Gasteiger partial charge on any atom is -0.349 e. The van der Waals surface area contributed by atoms with Crippen LogP contribution in [0, 0.1) is 5.41 Å². The highest BCUT2D eigenvalue weighted by Gasteiger charge is 2.28.